The maximum atomic E-state index is 9.97. The number of aromatic nitrogens is 4. The van der Waals surface area contributed by atoms with E-state index < -0.39 is 5.60 Å². The molecule has 5 nitrogen and oxygen atoms in total. The lowest BCUT2D eigenvalue weighted by Gasteiger charge is -2.12. The van der Waals surface area contributed by atoms with Gasteiger partial charge in [0.05, 0.1) is 11.4 Å². The van der Waals surface area contributed by atoms with Crippen molar-refractivity contribution >= 4 is 11.3 Å². The van der Waals surface area contributed by atoms with Gasteiger partial charge < -0.3 is 5.11 Å². The summed E-state index contributed by atoms with van der Waals surface area (Å²) in [7, 11) is 0. The van der Waals surface area contributed by atoms with E-state index in [4.69, 9.17) is 0 Å². The molecule has 2 heterocycles. The molecule has 3 aromatic rings. The predicted molar refractivity (Wildman–Crippen MR) is 76.5 cm³/mol. The van der Waals surface area contributed by atoms with E-state index in [1.54, 1.807) is 24.9 Å². The Hall–Kier alpha value is -2.05. The molecule has 0 saturated heterocycles. The van der Waals surface area contributed by atoms with Crippen molar-refractivity contribution < 1.29 is 5.11 Å². The molecular formula is C14H13N4OS. The van der Waals surface area contributed by atoms with Crippen molar-refractivity contribution in [1.29, 1.82) is 0 Å². The zero-order chi connectivity index (χ0) is 14.2. The summed E-state index contributed by atoms with van der Waals surface area (Å²) in [6.45, 7) is 3.46. The molecule has 0 amide bonds. The van der Waals surface area contributed by atoms with Crippen molar-refractivity contribution in [1.82, 2.24) is 19.7 Å². The van der Waals surface area contributed by atoms with Crippen LogP contribution < -0.4 is 0 Å². The van der Waals surface area contributed by atoms with Crippen LogP contribution in [0.4, 0.5) is 0 Å². The van der Waals surface area contributed by atoms with E-state index in [1.807, 2.05) is 23.6 Å². The van der Waals surface area contributed by atoms with Crippen molar-refractivity contribution in [2.75, 3.05) is 0 Å². The molecule has 0 atom stereocenters. The highest BCUT2D eigenvalue weighted by Gasteiger charge is 2.20. The summed E-state index contributed by atoms with van der Waals surface area (Å²) < 4.78 is 1.65. The molecule has 1 N–H and O–H groups in total. The van der Waals surface area contributed by atoms with Crippen molar-refractivity contribution in [3.05, 3.63) is 47.3 Å². The number of aliphatic hydroxyl groups is 1. The zero-order valence-electron chi connectivity index (χ0n) is 11.1. The van der Waals surface area contributed by atoms with Crippen molar-refractivity contribution in [3.8, 4) is 16.9 Å². The predicted octanol–water partition coefficient (Wildman–Crippen LogP) is 2.42. The molecule has 0 unspecified atom stereocenters. The van der Waals surface area contributed by atoms with Crippen LogP contribution in [0.15, 0.2) is 36.2 Å². The van der Waals surface area contributed by atoms with E-state index in [0.717, 1.165) is 16.9 Å². The highest BCUT2D eigenvalue weighted by Crippen LogP contribution is 2.29. The van der Waals surface area contributed by atoms with Gasteiger partial charge in [-0.05, 0) is 19.9 Å². The van der Waals surface area contributed by atoms with Crippen LogP contribution in [0, 0.1) is 6.07 Å². The average Bonchev–Trinajstić information content (AvgIpc) is 3.10. The third-order valence-electron chi connectivity index (χ3n) is 2.78. The highest BCUT2D eigenvalue weighted by atomic mass is 32.1. The number of rotatable bonds is 3. The van der Waals surface area contributed by atoms with Gasteiger partial charge in [0, 0.05) is 17.0 Å². The number of thiazole rings is 1. The van der Waals surface area contributed by atoms with Gasteiger partial charge in [0.1, 0.15) is 23.3 Å². The summed E-state index contributed by atoms with van der Waals surface area (Å²) in [6, 6.07) is 8.81. The monoisotopic (exact) mass is 285 g/mol. The lowest BCUT2D eigenvalue weighted by molar-refractivity contribution is 0.0783. The largest absolute Gasteiger partial charge is 0.383 e. The first kappa shape index (κ1) is 13.0. The minimum atomic E-state index is -0.918. The Morgan fingerprint density at radius 2 is 2.25 bits per heavy atom. The van der Waals surface area contributed by atoms with Crippen LogP contribution >= 0.6 is 11.3 Å². The van der Waals surface area contributed by atoms with Crippen LogP contribution in [0.5, 0.6) is 0 Å². The number of hydrogen-bond donors (Lipinski definition) is 1. The SMILES string of the molecule is CC(C)(O)c1nc(-c2cc[c]c(-n3cncn3)c2)cs1. The third-order valence-corrected chi connectivity index (χ3v) is 3.93. The normalized spacial score (nSPS) is 11.8. The molecule has 1 aromatic carbocycles. The Labute approximate surface area is 120 Å². The fourth-order valence-electron chi connectivity index (χ4n) is 1.77. The van der Waals surface area contributed by atoms with Crippen LogP contribution in [0.25, 0.3) is 16.9 Å². The molecule has 101 valence electrons. The first-order valence-electron chi connectivity index (χ1n) is 6.09. The number of hydrogen-bond acceptors (Lipinski definition) is 5. The van der Waals surface area contributed by atoms with E-state index in [0.29, 0.717) is 5.01 Å². The summed E-state index contributed by atoms with van der Waals surface area (Å²) in [4.78, 5) is 8.41. The molecule has 1 radical (unpaired) electrons. The van der Waals surface area contributed by atoms with Gasteiger partial charge in [-0.15, -0.1) is 11.3 Å². The van der Waals surface area contributed by atoms with Gasteiger partial charge in [-0.25, -0.2) is 14.6 Å². The molecular weight excluding hydrogens is 272 g/mol. The minimum Gasteiger partial charge on any atom is -0.383 e. The highest BCUT2D eigenvalue weighted by molar-refractivity contribution is 7.10. The van der Waals surface area contributed by atoms with E-state index in [1.165, 1.54) is 17.7 Å². The zero-order valence-corrected chi connectivity index (χ0v) is 11.9. The standard InChI is InChI=1S/C14H13N4OS/c1-14(2,19)13-17-12(7-20-13)10-4-3-5-11(6-10)18-9-15-8-16-18/h3-4,6-9,19H,1-2H3. The van der Waals surface area contributed by atoms with Gasteiger partial charge in [-0.1, -0.05) is 12.1 Å². The van der Waals surface area contributed by atoms with Crippen LogP contribution in [0.2, 0.25) is 0 Å². The van der Waals surface area contributed by atoms with E-state index in [-0.39, 0.29) is 0 Å². The van der Waals surface area contributed by atoms with Crippen LogP contribution in [0.1, 0.15) is 18.9 Å². The molecule has 0 aliphatic rings. The molecule has 0 spiro atoms. The summed E-state index contributed by atoms with van der Waals surface area (Å²) in [5.41, 5.74) is 1.68. The van der Waals surface area contributed by atoms with Crippen molar-refractivity contribution in [2.24, 2.45) is 0 Å². The maximum absolute atomic E-state index is 9.97. The molecule has 0 saturated carbocycles. The Bertz CT molecular complexity index is 713. The lowest BCUT2D eigenvalue weighted by atomic mass is 10.1. The van der Waals surface area contributed by atoms with Gasteiger partial charge in [0.15, 0.2) is 0 Å². The van der Waals surface area contributed by atoms with E-state index in [2.05, 4.69) is 21.1 Å². The summed E-state index contributed by atoms with van der Waals surface area (Å²) in [5, 5.41) is 16.7. The Morgan fingerprint density at radius 1 is 1.40 bits per heavy atom. The molecule has 0 aliphatic heterocycles. The maximum Gasteiger partial charge on any atom is 0.138 e. The number of benzene rings is 1. The molecule has 0 bridgehead atoms. The van der Waals surface area contributed by atoms with Gasteiger partial charge in [-0.3, -0.25) is 0 Å². The second-order valence-corrected chi connectivity index (χ2v) is 5.76. The molecule has 20 heavy (non-hydrogen) atoms. The Kier molecular flexibility index (Phi) is 3.11. The van der Waals surface area contributed by atoms with E-state index >= 15 is 0 Å². The molecule has 0 aliphatic carbocycles. The Balaban J connectivity index is 1.99. The number of nitrogens with zero attached hydrogens (tertiary/aromatic N) is 4. The second-order valence-electron chi connectivity index (χ2n) is 4.90. The molecule has 3 rings (SSSR count). The second kappa shape index (κ2) is 4.81. The van der Waals surface area contributed by atoms with Gasteiger partial charge in [0.25, 0.3) is 0 Å². The topological polar surface area (TPSA) is 63.8 Å². The van der Waals surface area contributed by atoms with Gasteiger partial charge in [-0.2, -0.15) is 5.10 Å². The van der Waals surface area contributed by atoms with Crippen LogP contribution in [-0.2, 0) is 5.60 Å². The molecule has 6 heteroatoms. The fraction of sp³-hybridized carbons (Fsp3) is 0.214. The van der Waals surface area contributed by atoms with Crippen molar-refractivity contribution in [3.63, 3.8) is 0 Å². The quantitative estimate of drug-likeness (QED) is 0.802. The van der Waals surface area contributed by atoms with Crippen LogP contribution in [0.3, 0.4) is 0 Å². The third kappa shape index (κ3) is 2.48. The van der Waals surface area contributed by atoms with E-state index in [9.17, 15) is 5.11 Å². The summed E-state index contributed by atoms with van der Waals surface area (Å²) >= 11 is 1.45. The van der Waals surface area contributed by atoms with Crippen LogP contribution in [-0.4, -0.2) is 24.9 Å². The minimum absolute atomic E-state index is 0.697. The molecule has 0 fully saturated rings. The smallest absolute Gasteiger partial charge is 0.138 e. The summed E-state index contributed by atoms with van der Waals surface area (Å²) in [6.07, 6.45) is 3.11. The van der Waals surface area contributed by atoms with Gasteiger partial charge >= 0.3 is 0 Å². The molecule has 2 aromatic heterocycles. The van der Waals surface area contributed by atoms with Gasteiger partial charge in [0.2, 0.25) is 0 Å². The average molecular weight is 285 g/mol. The van der Waals surface area contributed by atoms with Crippen molar-refractivity contribution in [2.45, 2.75) is 19.4 Å². The summed E-state index contributed by atoms with van der Waals surface area (Å²) in [5.74, 6) is 0. The first-order chi connectivity index (χ1) is 9.54. The fourth-order valence-corrected chi connectivity index (χ4v) is 2.62. The first-order valence-corrected chi connectivity index (χ1v) is 6.97. The lowest BCUT2D eigenvalue weighted by Crippen LogP contribution is -2.14. The Morgan fingerprint density at radius 3 is 2.90 bits per heavy atom.